The van der Waals surface area contributed by atoms with E-state index in [1.807, 2.05) is 11.0 Å². The predicted octanol–water partition coefficient (Wildman–Crippen LogP) is 3.61. The highest BCUT2D eigenvalue weighted by Gasteiger charge is 2.73. The fourth-order valence-corrected chi connectivity index (χ4v) is 5.91. The van der Waals surface area contributed by atoms with E-state index in [-0.39, 0.29) is 29.3 Å². The molecule has 35 heavy (non-hydrogen) atoms. The van der Waals surface area contributed by atoms with Crippen LogP contribution in [0.1, 0.15) is 75.4 Å². The van der Waals surface area contributed by atoms with Gasteiger partial charge in [0, 0.05) is 69.4 Å². The van der Waals surface area contributed by atoms with Crippen LogP contribution in [0.2, 0.25) is 0 Å². The number of carbonyl (C=O) groups is 2. The van der Waals surface area contributed by atoms with Crippen molar-refractivity contribution in [3.63, 3.8) is 0 Å². The molecule has 4 aliphatic carbocycles. The topological polar surface area (TPSA) is 88.3 Å². The van der Waals surface area contributed by atoms with E-state index in [0.717, 1.165) is 31.2 Å². The predicted molar refractivity (Wildman–Crippen MR) is 129 cm³/mol. The first-order valence-corrected chi connectivity index (χ1v) is 13.1. The van der Waals surface area contributed by atoms with Gasteiger partial charge in [-0.1, -0.05) is 0 Å². The van der Waals surface area contributed by atoms with Crippen molar-refractivity contribution in [2.75, 3.05) is 20.2 Å². The molecule has 6 rings (SSSR count). The van der Waals surface area contributed by atoms with Crippen LogP contribution in [0, 0.1) is 29.6 Å². The average molecular weight is 478 g/mol. The molecule has 2 amide bonds. The Morgan fingerprint density at radius 1 is 1.29 bits per heavy atom. The van der Waals surface area contributed by atoms with Gasteiger partial charge in [-0.3, -0.25) is 9.59 Å². The number of hydrogen-bond donors (Lipinski definition) is 1. The average Bonchev–Trinajstić information content (AvgIpc) is 3.67. The van der Waals surface area contributed by atoms with Crippen molar-refractivity contribution in [2.24, 2.45) is 27.5 Å². The number of hydrogen-bond acceptors (Lipinski definition) is 5. The second-order valence-corrected chi connectivity index (χ2v) is 11.3. The van der Waals surface area contributed by atoms with E-state index in [0.29, 0.717) is 44.3 Å². The quantitative estimate of drug-likeness (QED) is 0.440. The standard InChI is InChI=1S/C27H35N5O3/c1-3-4-10-27(29-30-27)11-13-32(25(34)26-14-21(26)22(15-26)35-2)23(24(33)28-16-18-5-6-18)19-9-12-31(17-19)20-7-8-20/h1,9,12,17-18,20-23H,4-8,10-11,13-16H2,2H3,(H,28,33)/t21-,22-,23?,26-/m1/s1. The molecule has 0 spiro atoms. The van der Waals surface area contributed by atoms with Crippen molar-refractivity contribution in [1.29, 1.82) is 0 Å². The molecule has 4 atom stereocenters. The third-order valence-corrected chi connectivity index (χ3v) is 8.79. The number of amides is 2. The molecule has 0 radical (unpaired) electrons. The first kappa shape index (κ1) is 22.8. The highest BCUT2D eigenvalue weighted by molar-refractivity contribution is 5.93. The normalized spacial score (nSPS) is 29.9. The molecule has 8 heteroatoms. The molecule has 1 aromatic rings. The lowest BCUT2D eigenvalue weighted by Gasteiger charge is -2.39. The van der Waals surface area contributed by atoms with Gasteiger partial charge in [-0.2, -0.15) is 10.2 Å². The lowest BCUT2D eigenvalue weighted by atomic mass is 9.80. The molecule has 1 unspecified atom stereocenters. The lowest BCUT2D eigenvalue weighted by molar-refractivity contribution is -0.152. The second kappa shape index (κ2) is 8.48. The highest BCUT2D eigenvalue weighted by atomic mass is 16.5. The maximum atomic E-state index is 14.1. The molecule has 4 fully saturated rings. The minimum atomic E-state index is -0.651. The Morgan fingerprint density at radius 2 is 2.09 bits per heavy atom. The lowest BCUT2D eigenvalue weighted by Crippen LogP contribution is -2.51. The van der Waals surface area contributed by atoms with Gasteiger partial charge in [-0.15, -0.1) is 12.3 Å². The number of fused-ring (bicyclic) bond motifs is 1. The zero-order chi connectivity index (χ0) is 24.2. The van der Waals surface area contributed by atoms with Crippen molar-refractivity contribution in [3.05, 3.63) is 24.0 Å². The van der Waals surface area contributed by atoms with Gasteiger partial charge in [-0.25, -0.2) is 0 Å². The van der Waals surface area contributed by atoms with Gasteiger partial charge in [-0.05, 0) is 50.5 Å². The summed E-state index contributed by atoms with van der Waals surface area (Å²) in [6.45, 7) is 1.11. The summed E-state index contributed by atoms with van der Waals surface area (Å²) in [5.41, 5.74) is 0.00502. The minimum absolute atomic E-state index is 0.0780. The Morgan fingerprint density at radius 3 is 2.71 bits per heavy atom. The zero-order valence-electron chi connectivity index (χ0n) is 20.5. The van der Waals surface area contributed by atoms with Crippen LogP contribution in [-0.4, -0.2) is 53.2 Å². The first-order valence-electron chi connectivity index (χ1n) is 13.1. The molecule has 0 saturated heterocycles. The number of nitrogens with one attached hydrogen (secondary N) is 1. The summed E-state index contributed by atoms with van der Waals surface area (Å²) in [7, 11) is 1.72. The molecule has 186 valence electrons. The molecule has 0 aromatic carbocycles. The van der Waals surface area contributed by atoms with Crippen LogP contribution in [0.5, 0.6) is 0 Å². The summed E-state index contributed by atoms with van der Waals surface area (Å²) in [5.74, 6) is 3.49. The molecule has 2 heterocycles. The van der Waals surface area contributed by atoms with Crippen LogP contribution in [0.3, 0.4) is 0 Å². The largest absolute Gasteiger partial charge is 0.381 e. The van der Waals surface area contributed by atoms with Crippen LogP contribution in [0.4, 0.5) is 0 Å². The van der Waals surface area contributed by atoms with Crippen LogP contribution >= 0.6 is 0 Å². The van der Waals surface area contributed by atoms with Crippen LogP contribution in [-0.2, 0) is 14.3 Å². The molecule has 8 nitrogen and oxygen atoms in total. The van der Waals surface area contributed by atoms with Crippen molar-refractivity contribution >= 4 is 11.8 Å². The number of nitrogens with zero attached hydrogens (tertiary/aromatic N) is 4. The van der Waals surface area contributed by atoms with Gasteiger partial charge < -0.3 is 19.5 Å². The van der Waals surface area contributed by atoms with Gasteiger partial charge in [0.25, 0.3) is 0 Å². The molecule has 4 saturated carbocycles. The van der Waals surface area contributed by atoms with Gasteiger partial charge in [0.2, 0.25) is 11.8 Å². The smallest absolute Gasteiger partial charge is 0.247 e. The summed E-state index contributed by atoms with van der Waals surface area (Å²) >= 11 is 0. The fraction of sp³-hybridized carbons (Fsp3) is 0.704. The monoisotopic (exact) mass is 477 g/mol. The Kier molecular flexibility index (Phi) is 5.52. The Bertz CT molecular complexity index is 1070. The summed E-state index contributed by atoms with van der Waals surface area (Å²) in [6.07, 6.45) is 17.8. The van der Waals surface area contributed by atoms with Crippen LogP contribution in [0.25, 0.3) is 0 Å². The SMILES string of the molecule is C#CCCC1(CCN(C(=O)[C@@]23C[C@@H]2[C@H](OC)C3)C(C(=O)NCC2CC2)c2ccn(C3CC3)c2)N=N1. The van der Waals surface area contributed by atoms with Crippen LogP contribution < -0.4 is 5.32 Å². The van der Waals surface area contributed by atoms with Crippen molar-refractivity contribution in [3.8, 4) is 12.3 Å². The molecule has 5 aliphatic rings. The first-order chi connectivity index (χ1) is 17.0. The number of rotatable bonds is 13. The van der Waals surface area contributed by atoms with Crippen molar-refractivity contribution in [2.45, 2.75) is 81.6 Å². The number of methoxy groups -OCH3 is 1. The molecule has 0 bridgehead atoms. The molecular weight excluding hydrogens is 442 g/mol. The van der Waals surface area contributed by atoms with Gasteiger partial charge in [0.15, 0.2) is 5.66 Å². The number of carbonyl (C=O) groups excluding carboxylic acids is 2. The van der Waals surface area contributed by atoms with E-state index in [1.54, 1.807) is 7.11 Å². The zero-order valence-corrected chi connectivity index (χ0v) is 20.5. The van der Waals surface area contributed by atoms with Crippen molar-refractivity contribution in [1.82, 2.24) is 14.8 Å². The van der Waals surface area contributed by atoms with E-state index in [2.05, 4.69) is 38.4 Å². The van der Waals surface area contributed by atoms with Gasteiger partial charge in [0.05, 0.1) is 11.5 Å². The Labute approximate surface area is 206 Å². The highest BCUT2D eigenvalue weighted by Crippen LogP contribution is 2.69. The van der Waals surface area contributed by atoms with Gasteiger partial charge >= 0.3 is 0 Å². The van der Waals surface area contributed by atoms with E-state index in [4.69, 9.17) is 11.2 Å². The number of terminal acetylenes is 1. The number of aromatic nitrogens is 1. The summed E-state index contributed by atoms with van der Waals surface area (Å²) in [4.78, 5) is 29.6. The van der Waals surface area contributed by atoms with E-state index < -0.39 is 11.7 Å². The van der Waals surface area contributed by atoms with E-state index in [9.17, 15) is 9.59 Å². The van der Waals surface area contributed by atoms with Crippen molar-refractivity contribution < 1.29 is 14.3 Å². The summed E-state index contributed by atoms with van der Waals surface area (Å²) in [6, 6.07) is 1.88. The fourth-order valence-electron chi connectivity index (χ4n) is 5.91. The van der Waals surface area contributed by atoms with E-state index >= 15 is 0 Å². The maximum absolute atomic E-state index is 14.1. The number of ether oxygens (including phenoxy) is 1. The molecule has 1 aliphatic heterocycles. The summed E-state index contributed by atoms with van der Waals surface area (Å²) in [5, 5.41) is 11.7. The summed E-state index contributed by atoms with van der Waals surface area (Å²) < 4.78 is 7.76. The maximum Gasteiger partial charge on any atom is 0.247 e. The van der Waals surface area contributed by atoms with Crippen LogP contribution in [0.15, 0.2) is 28.7 Å². The Hall–Kier alpha value is -2.66. The van der Waals surface area contributed by atoms with E-state index in [1.165, 1.54) is 12.8 Å². The third kappa shape index (κ3) is 4.29. The van der Waals surface area contributed by atoms with Gasteiger partial charge in [0.1, 0.15) is 6.04 Å². The second-order valence-electron chi connectivity index (χ2n) is 11.3. The minimum Gasteiger partial charge on any atom is -0.381 e. The molecular formula is C27H35N5O3. The molecule has 1 aromatic heterocycles. The third-order valence-electron chi connectivity index (χ3n) is 8.79. The Balaban J connectivity index is 1.27. The molecule has 1 N–H and O–H groups in total.